The first-order valence-electron chi connectivity index (χ1n) is 5.45. The second-order valence-electron chi connectivity index (χ2n) is 3.88. The van der Waals surface area contributed by atoms with Crippen molar-refractivity contribution in [3.63, 3.8) is 0 Å². The molecule has 0 fully saturated rings. The standard InChI is InChI=1S/C13H18N2O/c1-5-14-12-7-6-11(10(4)16)8-13(12)15-9(2)3/h6-8,14H,5H2,1-4H3. The Morgan fingerprint density at radius 3 is 2.50 bits per heavy atom. The maximum atomic E-state index is 11.3. The van der Waals surface area contributed by atoms with Crippen molar-refractivity contribution in [3.05, 3.63) is 23.8 Å². The van der Waals surface area contributed by atoms with E-state index < -0.39 is 0 Å². The number of carbonyl (C=O) groups excluding carboxylic acids is 1. The number of aliphatic imine (C=N–C) groups is 1. The summed E-state index contributed by atoms with van der Waals surface area (Å²) in [6.07, 6.45) is 0. The number of benzene rings is 1. The van der Waals surface area contributed by atoms with Crippen molar-refractivity contribution in [1.29, 1.82) is 0 Å². The van der Waals surface area contributed by atoms with Gasteiger partial charge in [0.25, 0.3) is 0 Å². The molecule has 0 amide bonds. The molecule has 0 radical (unpaired) electrons. The van der Waals surface area contributed by atoms with E-state index in [0.29, 0.717) is 5.56 Å². The molecule has 0 aliphatic rings. The zero-order valence-corrected chi connectivity index (χ0v) is 10.3. The fourth-order valence-electron chi connectivity index (χ4n) is 1.42. The average Bonchev–Trinajstić information content (AvgIpc) is 2.19. The maximum absolute atomic E-state index is 11.3. The summed E-state index contributed by atoms with van der Waals surface area (Å²) in [6, 6.07) is 5.56. The van der Waals surface area contributed by atoms with Gasteiger partial charge in [-0.2, -0.15) is 0 Å². The quantitative estimate of drug-likeness (QED) is 0.621. The van der Waals surface area contributed by atoms with Gasteiger partial charge in [0.05, 0.1) is 11.4 Å². The van der Waals surface area contributed by atoms with Gasteiger partial charge in [-0.25, -0.2) is 0 Å². The van der Waals surface area contributed by atoms with Gasteiger partial charge in [-0.3, -0.25) is 9.79 Å². The van der Waals surface area contributed by atoms with Crippen molar-refractivity contribution in [2.75, 3.05) is 11.9 Å². The van der Waals surface area contributed by atoms with Crippen LogP contribution in [0.3, 0.4) is 0 Å². The fourth-order valence-corrected chi connectivity index (χ4v) is 1.42. The average molecular weight is 218 g/mol. The molecular weight excluding hydrogens is 200 g/mol. The van der Waals surface area contributed by atoms with Gasteiger partial charge in [-0.05, 0) is 45.9 Å². The van der Waals surface area contributed by atoms with Crippen molar-refractivity contribution in [1.82, 2.24) is 0 Å². The lowest BCUT2D eigenvalue weighted by Crippen LogP contribution is -1.99. The number of hydrogen-bond donors (Lipinski definition) is 1. The van der Waals surface area contributed by atoms with Gasteiger partial charge in [0.1, 0.15) is 0 Å². The molecule has 16 heavy (non-hydrogen) atoms. The van der Waals surface area contributed by atoms with Crippen molar-refractivity contribution < 1.29 is 4.79 Å². The molecule has 0 heterocycles. The van der Waals surface area contributed by atoms with Gasteiger partial charge in [-0.15, -0.1) is 0 Å². The van der Waals surface area contributed by atoms with Gasteiger partial charge in [-0.1, -0.05) is 0 Å². The molecule has 1 N–H and O–H groups in total. The minimum absolute atomic E-state index is 0.0632. The van der Waals surface area contributed by atoms with E-state index in [1.165, 1.54) is 0 Å². The molecule has 86 valence electrons. The third-order valence-corrected chi connectivity index (χ3v) is 2.12. The molecule has 0 unspecified atom stereocenters. The topological polar surface area (TPSA) is 41.5 Å². The third kappa shape index (κ3) is 3.19. The Kier molecular flexibility index (Phi) is 4.23. The Hall–Kier alpha value is -1.64. The third-order valence-electron chi connectivity index (χ3n) is 2.12. The highest BCUT2D eigenvalue weighted by molar-refractivity contribution is 5.96. The number of Topliss-reactive ketones (excluding diaryl/α,β-unsaturated/α-hetero) is 1. The summed E-state index contributed by atoms with van der Waals surface area (Å²) in [7, 11) is 0. The molecule has 0 aliphatic carbocycles. The highest BCUT2D eigenvalue weighted by atomic mass is 16.1. The van der Waals surface area contributed by atoms with Crippen LogP contribution in [0.1, 0.15) is 38.1 Å². The van der Waals surface area contributed by atoms with E-state index in [2.05, 4.69) is 10.3 Å². The second-order valence-corrected chi connectivity index (χ2v) is 3.88. The number of nitrogens with one attached hydrogen (secondary N) is 1. The van der Waals surface area contributed by atoms with Crippen LogP contribution in [0.4, 0.5) is 11.4 Å². The molecule has 0 bridgehead atoms. The molecule has 0 saturated carbocycles. The van der Waals surface area contributed by atoms with Crippen LogP contribution in [0.25, 0.3) is 0 Å². The monoisotopic (exact) mass is 218 g/mol. The summed E-state index contributed by atoms with van der Waals surface area (Å²) in [4.78, 5) is 15.7. The largest absolute Gasteiger partial charge is 0.384 e. The van der Waals surface area contributed by atoms with E-state index in [-0.39, 0.29) is 5.78 Å². The number of anilines is 1. The molecule has 3 heteroatoms. The van der Waals surface area contributed by atoms with E-state index in [4.69, 9.17) is 0 Å². The lowest BCUT2D eigenvalue weighted by atomic mass is 10.1. The zero-order chi connectivity index (χ0) is 12.1. The van der Waals surface area contributed by atoms with E-state index in [1.54, 1.807) is 6.92 Å². The normalized spacial score (nSPS) is 9.75. The molecule has 0 aromatic heterocycles. The Balaban J connectivity index is 3.21. The van der Waals surface area contributed by atoms with Crippen LogP contribution in [-0.4, -0.2) is 18.0 Å². The lowest BCUT2D eigenvalue weighted by Gasteiger charge is -2.08. The van der Waals surface area contributed by atoms with Gasteiger partial charge < -0.3 is 5.32 Å². The van der Waals surface area contributed by atoms with Crippen LogP contribution in [-0.2, 0) is 0 Å². The summed E-state index contributed by atoms with van der Waals surface area (Å²) in [5, 5.41) is 3.23. The van der Waals surface area contributed by atoms with E-state index >= 15 is 0 Å². The van der Waals surface area contributed by atoms with E-state index in [0.717, 1.165) is 23.6 Å². The Bertz CT molecular complexity index is 418. The number of carbonyl (C=O) groups is 1. The summed E-state index contributed by atoms with van der Waals surface area (Å²) in [6.45, 7) is 8.32. The Morgan fingerprint density at radius 1 is 1.31 bits per heavy atom. The maximum Gasteiger partial charge on any atom is 0.159 e. The number of nitrogens with zero attached hydrogens (tertiary/aromatic N) is 1. The number of ketones is 1. The Morgan fingerprint density at radius 2 is 2.00 bits per heavy atom. The van der Waals surface area contributed by atoms with Crippen LogP contribution < -0.4 is 5.32 Å². The lowest BCUT2D eigenvalue weighted by molar-refractivity contribution is 0.101. The van der Waals surface area contributed by atoms with Crippen molar-refractivity contribution in [2.24, 2.45) is 4.99 Å². The first-order chi connectivity index (χ1) is 7.54. The molecule has 1 aromatic rings. The molecular formula is C13H18N2O. The van der Waals surface area contributed by atoms with Gasteiger partial charge in [0, 0.05) is 17.8 Å². The molecule has 1 aromatic carbocycles. The van der Waals surface area contributed by atoms with Crippen LogP contribution in [0.5, 0.6) is 0 Å². The molecule has 0 spiro atoms. The van der Waals surface area contributed by atoms with Gasteiger partial charge >= 0.3 is 0 Å². The second kappa shape index (κ2) is 5.45. The summed E-state index contributed by atoms with van der Waals surface area (Å²) in [5.41, 5.74) is 3.46. The molecule has 3 nitrogen and oxygen atoms in total. The fraction of sp³-hybridized carbons (Fsp3) is 0.385. The first-order valence-corrected chi connectivity index (χ1v) is 5.45. The van der Waals surface area contributed by atoms with Crippen LogP contribution >= 0.6 is 0 Å². The summed E-state index contributed by atoms with van der Waals surface area (Å²) in [5.74, 6) is 0.0632. The smallest absolute Gasteiger partial charge is 0.159 e. The highest BCUT2D eigenvalue weighted by Crippen LogP contribution is 2.26. The first kappa shape index (κ1) is 12.4. The molecule has 0 saturated heterocycles. The summed E-state index contributed by atoms with van der Waals surface area (Å²) < 4.78 is 0. The van der Waals surface area contributed by atoms with Crippen molar-refractivity contribution in [3.8, 4) is 0 Å². The highest BCUT2D eigenvalue weighted by Gasteiger charge is 2.05. The van der Waals surface area contributed by atoms with Gasteiger partial charge in [0.15, 0.2) is 5.78 Å². The summed E-state index contributed by atoms with van der Waals surface area (Å²) >= 11 is 0. The van der Waals surface area contributed by atoms with Crippen molar-refractivity contribution >= 4 is 22.9 Å². The number of rotatable bonds is 4. The minimum Gasteiger partial charge on any atom is -0.384 e. The van der Waals surface area contributed by atoms with Crippen LogP contribution in [0, 0.1) is 0 Å². The van der Waals surface area contributed by atoms with Gasteiger partial charge in [0.2, 0.25) is 0 Å². The predicted molar refractivity (Wildman–Crippen MR) is 69.1 cm³/mol. The molecule has 0 atom stereocenters. The molecule has 1 rings (SSSR count). The predicted octanol–water partition coefficient (Wildman–Crippen LogP) is 3.43. The minimum atomic E-state index is 0.0632. The van der Waals surface area contributed by atoms with Crippen LogP contribution in [0.2, 0.25) is 0 Å². The zero-order valence-electron chi connectivity index (χ0n) is 10.3. The van der Waals surface area contributed by atoms with Crippen LogP contribution in [0.15, 0.2) is 23.2 Å². The Labute approximate surface area is 96.6 Å². The van der Waals surface area contributed by atoms with Crippen molar-refractivity contribution in [2.45, 2.75) is 27.7 Å². The van der Waals surface area contributed by atoms with E-state index in [1.807, 2.05) is 39.0 Å². The molecule has 0 aliphatic heterocycles. The van der Waals surface area contributed by atoms with E-state index in [9.17, 15) is 4.79 Å². The number of hydrogen-bond acceptors (Lipinski definition) is 3. The SMILES string of the molecule is CCNc1ccc(C(C)=O)cc1N=C(C)C.